The molecule has 0 radical (unpaired) electrons. The van der Waals surface area contributed by atoms with Gasteiger partial charge in [0.25, 0.3) is 5.91 Å². The first-order valence-corrected chi connectivity index (χ1v) is 7.70. The number of amides is 1. The molecule has 1 aromatic carbocycles. The molecule has 0 fully saturated rings. The van der Waals surface area contributed by atoms with Gasteiger partial charge in [-0.2, -0.15) is 5.10 Å². The van der Waals surface area contributed by atoms with Crippen LogP contribution in [0.25, 0.3) is 0 Å². The molecule has 0 spiro atoms. The minimum atomic E-state index is -0.0187. The van der Waals surface area contributed by atoms with Crippen molar-refractivity contribution in [3.05, 3.63) is 59.4 Å². The summed E-state index contributed by atoms with van der Waals surface area (Å²) in [4.78, 5) is 14.6. The minimum absolute atomic E-state index is 0.0187. The highest BCUT2D eigenvalue weighted by atomic mass is 16.5. The Hall–Kier alpha value is -2.56. The van der Waals surface area contributed by atoms with Gasteiger partial charge >= 0.3 is 0 Å². The zero-order chi connectivity index (χ0) is 16.8. The maximum absolute atomic E-state index is 12.8. The molecule has 122 valence electrons. The van der Waals surface area contributed by atoms with Crippen molar-refractivity contribution in [2.45, 2.75) is 27.3 Å². The predicted octanol–water partition coefficient (Wildman–Crippen LogP) is 3.25. The summed E-state index contributed by atoms with van der Waals surface area (Å²) in [6.07, 6.45) is 1.71. The van der Waals surface area contributed by atoms with Crippen molar-refractivity contribution in [2.24, 2.45) is 0 Å². The van der Waals surface area contributed by atoms with Gasteiger partial charge in [0.15, 0.2) is 0 Å². The van der Waals surface area contributed by atoms with E-state index in [1.165, 1.54) is 0 Å². The number of carbonyl (C=O) groups is 1. The molecule has 0 bridgehead atoms. The van der Waals surface area contributed by atoms with Crippen molar-refractivity contribution in [1.82, 2.24) is 15.1 Å². The van der Waals surface area contributed by atoms with Crippen molar-refractivity contribution in [3.63, 3.8) is 0 Å². The number of carbonyl (C=O) groups excluding carboxylic acids is 1. The van der Waals surface area contributed by atoms with Crippen molar-refractivity contribution in [2.75, 3.05) is 13.2 Å². The van der Waals surface area contributed by atoms with Crippen LogP contribution in [0.1, 0.15) is 34.2 Å². The number of nitrogens with one attached hydrogen (secondary N) is 1. The van der Waals surface area contributed by atoms with Gasteiger partial charge in [0, 0.05) is 24.3 Å². The first-order chi connectivity index (χ1) is 11.1. The van der Waals surface area contributed by atoms with E-state index in [0.717, 1.165) is 22.7 Å². The quantitative estimate of drug-likeness (QED) is 0.798. The topological polar surface area (TPSA) is 58.2 Å². The Labute approximate surface area is 137 Å². The fourth-order valence-corrected chi connectivity index (χ4v) is 2.48. The molecular formula is C18H23N3O2. The highest BCUT2D eigenvalue weighted by Gasteiger charge is 2.21. The largest absolute Gasteiger partial charge is 0.489 e. The average molecular weight is 313 g/mol. The van der Waals surface area contributed by atoms with Gasteiger partial charge in [0.2, 0.25) is 0 Å². The lowest BCUT2D eigenvalue weighted by Crippen LogP contribution is -2.31. The second-order valence-electron chi connectivity index (χ2n) is 5.34. The summed E-state index contributed by atoms with van der Waals surface area (Å²) >= 11 is 0. The molecule has 1 N–H and O–H groups in total. The van der Waals surface area contributed by atoms with Crippen LogP contribution in [-0.4, -0.2) is 34.2 Å². The third-order valence-corrected chi connectivity index (χ3v) is 3.70. The van der Waals surface area contributed by atoms with Gasteiger partial charge in [-0.1, -0.05) is 30.9 Å². The molecule has 0 saturated carbocycles. The maximum Gasteiger partial charge on any atom is 0.257 e. The van der Waals surface area contributed by atoms with E-state index in [0.29, 0.717) is 25.3 Å². The SMILES string of the molecule is C=CCOc1ccccc1CN(CC)C(=O)c1c(C)n[nH]c1C. The molecule has 0 saturated heterocycles. The third kappa shape index (κ3) is 3.80. The van der Waals surface area contributed by atoms with Crippen LogP contribution in [0.3, 0.4) is 0 Å². The van der Waals surface area contributed by atoms with E-state index in [2.05, 4.69) is 16.8 Å². The van der Waals surface area contributed by atoms with Crippen molar-refractivity contribution in [3.8, 4) is 5.75 Å². The van der Waals surface area contributed by atoms with E-state index in [-0.39, 0.29) is 5.91 Å². The number of aromatic nitrogens is 2. The lowest BCUT2D eigenvalue weighted by atomic mass is 10.1. The molecule has 0 aliphatic carbocycles. The molecule has 0 aliphatic heterocycles. The van der Waals surface area contributed by atoms with E-state index in [1.54, 1.807) is 11.0 Å². The second kappa shape index (κ2) is 7.63. The van der Waals surface area contributed by atoms with Crippen LogP contribution in [0.15, 0.2) is 36.9 Å². The number of rotatable bonds is 7. The fraction of sp³-hybridized carbons (Fsp3) is 0.333. The zero-order valence-corrected chi connectivity index (χ0v) is 13.9. The standard InChI is InChI=1S/C18H23N3O2/c1-5-11-23-16-10-8-7-9-15(16)12-21(6-2)18(22)17-13(3)19-20-14(17)4/h5,7-10H,1,6,11-12H2,2-4H3,(H,19,20). The normalized spacial score (nSPS) is 10.4. The van der Waals surface area contributed by atoms with E-state index in [1.807, 2.05) is 45.0 Å². The zero-order valence-electron chi connectivity index (χ0n) is 13.9. The molecule has 2 rings (SSSR count). The summed E-state index contributed by atoms with van der Waals surface area (Å²) in [6.45, 7) is 10.9. The summed E-state index contributed by atoms with van der Waals surface area (Å²) in [5.74, 6) is 0.758. The van der Waals surface area contributed by atoms with E-state index in [4.69, 9.17) is 4.74 Å². The number of para-hydroxylation sites is 1. The molecule has 1 aromatic heterocycles. The van der Waals surface area contributed by atoms with E-state index in [9.17, 15) is 4.79 Å². The van der Waals surface area contributed by atoms with Crippen LogP contribution >= 0.6 is 0 Å². The van der Waals surface area contributed by atoms with Crippen LogP contribution in [-0.2, 0) is 6.54 Å². The molecular weight excluding hydrogens is 290 g/mol. The van der Waals surface area contributed by atoms with Gasteiger partial charge in [-0.15, -0.1) is 0 Å². The Morgan fingerprint density at radius 1 is 1.39 bits per heavy atom. The van der Waals surface area contributed by atoms with E-state index >= 15 is 0 Å². The van der Waals surface area contributed by atoms with Crippen LogP contribution in [0.5, 0.6) is 5.75 Å². The fourth-order valence-electron chi connectivity index (χ4n) is 2.48. The van der Waals surface area contributed by atoms with Crippen molar-refractivity contribution in [1.29, 1.82) is 0 Å². The molecule has 1 amide bonds. The summed E-state index contributed by atoms with van der Waals surface area (Å²) in [6, 6.07) is 7.75. The second-order valence-corrected chi connectivity index (χ2v) is 5.34. The molecule has 0 unspecified atom stereocenters. The Bertz CT molecular complexity index is 672. The number of benzene rings is 1. The highest BCUT2D eigenvalue weighted by Crippen LogP contribution is 2.22. The number of aromatic amines is 1. The van der Waals surface area contributed by atoms with Crippen LogP contribution in [0.2, 0.25) is 0 Å². The van der Waals surface area contributed by atoms with Gasteiger partial charge in [0.1, 0.15) is 12.4 Å². The highest BCUT2D eigenvalue weighted by molar-refractivity contribution is 5.96. The molecule has 0 atom stereocenters. The number of H-pyrrole nitrogens is 1. The molecule has 1 heterocycles. The van der Waals surface area contributed by atoms with Crippen LogP contribution in [0.4, 0.5) is 0 Å². The van der Waals surface area contributed by atoms with Gasteiger partial charge < -0.3 is 9.64 Å². The molecule has 5 heteroatoms. The lowest BCUT2D eigenvalue weighted by Gasteiger charge is -2.22. The lowest BCUT2D eigenvalue weighted by molar-refractivity contribution is 0.0750. The number of nitrogens with zero attached hydrogens (tertiary/aromatic N) is 2. The molecule has 0 aliphatic rings. The Morgan fingerprint density at radius 3 is 2.74 bits per heavy atom. The average Bonchev–Trinajstić information content (AvgIpc) is 2.89. The number of aryl methyl sites for hydroxylation is 2. The molecule has 5 nitrogen and oxygen atoms in total. The predicted molar refractivity (Wildman–Crippen MR) is 90.6 cm³/mol. The summed E-state index contributed by atoms with van der Waals surface area (Å²) in [5.41, 5.74) is 3.14. The molecule has 2 aromatic rings. The maximum atomic E-state index is 12.8. The van der Waals surface area contributed by atoms with Crippen LogP contribution < -0.4 is 4.74 Å². The summed E-state index contributed by atoms with van der Waals surface area (Å²) in [5, 5.41) is 6.98. The number of hydrogen-bond acceptors (Lipinski definition) is 3. The smallest absolute Gasteiger partial charge is 0.257 e. The minimum Gasteiger partial charge on any atom is -0.489 e. The molecule has 23 heavy (non-hydrogen) atoms. The van der Waals surface area contributed by atoms with Crippen LogP contribution in [0, 0.1) is 13.8 Å². The van der Waals surface area contributed by atoms with Gasteiger partial charge in [0.05, 0.1) is 11.3 Å². The first-order valence-electron chi connectivity index (χ1n) is 7.70. The van der Waals surface area contributed by atoms with Crippen molar-refractivity contribution >= 4 is 5.91 Å². The third-order valence-electron chi connectivity index (χ3n) is 3.70. The van der Waals surface area contributed by atoms with E-state index < -0.39 is 0 Å². The summed E-state index contributed by atoms with van der Waals surface area (Å²) in [7, 11) is 0. The summed E-state index contributed by atoms with van der Waals surface area (Å²) < 4.78 is 5.68. The Balaban J connectivity index is 2.23. The van der Waals surface area contributed by atoms with Gasteiger partial charge in [-0.25, -0.2) is 0 Å². The van der Waals surface area contributed by atoms with Gasteiger partial charge in [-0.05, 0) is 26.8 Å². The number of hydrogen-bond donors (Lipinski definition) is 1. The number of ether oxygens (including phenoxy) is 1. The van der Waals surface area contributed by atoms with Gasteiger partial charge in [-0.3, -0.25) is 9.89 Å². The Morgan fingerprint density at radius 2 is 2.13 bits per heavy atom. The van der Waals surface area contributed by atoms with Crippen molar-refractivity contribution < 1.29 is 9.53 Å². The first kappa shape index (κ1) is 16.8. The Kier molecular flexibility index (Phi) is 5.57. The monoisotopic (exact) mass is 313 g/mol.